The summed E-state index contributed by atoms with van der Waals surface area (Å²) in [7, 11) is 0. The number of carbonyl (C=O) groups is 2. The van der Waals surface area contributed by atoms with Crippen LogP contribution in [0.15, 0.2) is 18.3 Å². The predicted octanol–water partition coefficient (Wildman–Crippen LogP) is 0.770. The Bertz CT molecular complexity index is 596. The predicted molar refractivity (Wildman–Crippen MR) is 93.6 cm³/mol. The first kappa shape index (κ1) is 17.8. The lowest BCUT2D eigenvalue weighted by Crippen LogP contribution is -2.41. The third-order valence-corrected chi connectivity index (χ3v) is 4.70. The Morgan fingerprint density at radius 1 is 1.12 bits per heavy atom. The Labute approximate surface area is 148 Å². The van der Waals surface area contributed by atoms with Crippen LogP contribution in [0.2, 0.25) is 0 Å². The molecular formula is C18H26N4O3. The van der Waals surface area contributed by atoms with E-state index in [-0.39, 0.29) is 11.8 Å². The van der Waals surface area contributed by atoms with Gasteiger partial charge in [-0.15, -0.1) is 0 Å². The molecular weight excluding hydrogens is 320 g/mol. The molecule has 2 aliphatic heterocycles. The van der Waals surface area contributed by atoms with E-state index in [1.807, 2.05) is 4.90 Å². The molecule has 1 aromatic heterocycles. The zero-order valence-electron chi connectivity index (χ0n) is 14.6. The number of hydrogen-bond donors (Lipinski definition) is 1. The summed E-state index contributed by atoms with van der Waals surface area (Å²) in [6.07, 6.45) is 4.78. The van der Waals surface area contributed by atoms with Crippen LogP contribution in [-0.4, -0.2) is 79.1 Å². The van der Waals surface area contributed by atoms with Gasteiger partial charge in [0.15, 0.2) is 0 Å². The van der Waals surface area contributed by atoms with E-state index in [0.29, 0.717) is 17.8 Å². The maximum atomic E-state index is 12.5. The number of aromatic nitrogens is 1. The highest BCUT2D eigenvalue weighted by Crippen LogP contribution is 2.13. The minimum atomic E-state index is -0.164. The van der Waals surface area contributed by atoms with Crippen molar-refractivity contribution in [2.75, 3.05) is 52.5 Å². The second-order valence-electron chi connectivity index (χ2n) is 6.49. The highest BCUT2D eigenvalue weighted by Gasteiger charge is 2.20. The zero-order chi connectivity index (χ0) is 17.5. The van der Waals surface area contributed by atoms with Crippen molar-refractivity contribution in [3.8, 4) is 0 Å². The Morgan fingerprint density at radius 3 is 2.64 bits per heavy atom. The van der Waals surface area contributed by atoms with Gasteiger partial charge >= 0.3 is 0 Å². The molecule has 0 aromatic carbocycles. The molecule has 0 bridgehead atoms. The minimum absolute atomic E-state index is 0.0809. The fourth-order valence-electron chi connectivity index (χ4n) is 3.20. The fourth-order valence-corrected chi connectivity index (χ4v) is 3.20. The molecule has 2 aliphatic rings. The minimum Gasteiger partial charge on any atom is -0.379 e. The van der Waals surface area contributed by atoms with Crippen LogP contribution >= 0.6 is 0 Å². The van der Waals surface area contributed by atoms with Gasteiger partial charge in [0.05, 0.1) is 13.2 Å². The molecule has 3 heterocycles. The van der Waals surface area contributed by atoms with E-state index in [2.05, 4.69) is 15.2 Å². The smallest absolute Gasteiger partial charge is 0.272 e. The monoisotopic (exact) mass is 346 g/mol. The number of likely N-dealkylation sites (tertiary alicyclic amines) is 1. The molecule has 2 fully saturated rings. The second-order valence-corrected chi connectivity index (χ2v) is 6.49. The molecule has 3 rings (SSSR count). The number of nitrogens with zero attached hydrogens (tertiary/aromatic N) is 3. The molecule has 7 nitrogen and oxygen atoms in total. The van der Waals surface area contributed by atoms with Crippen LogP contribution in [0.4, 0.5) is 0 Å². The SMILES string of the molecule is O=C(NCCN1CCOCC1)c1ccnc(C(=O)N2CCCCC2)c1. The Kier molecular flexibility index (Phi) is 6.36. The van der Waals surface area contributed by atoms with Crippen molar-refractivity contribution in [2.45, 2.75) is 19.3 Å². The van der Waals surface area contributed by atoms with Crippen LogP contribution in [0.5, 0.6) is 0 Å². The normalized spacial score (nSPS) is 18.8. The van der Waals surface area contributed by atoms with Gasteiger partial charge in [-0.3, -0.25) is 19.5 Å². The number of pyridine rings is 1. The highest BCUT2D eigenvalue weighted by atomic mass is 16.5. The van der Waals surface area contributed by atoms with Gasteiger partial charge in [0.1, 0.15) is 5.69 Å². The summed E-state index contributed by atoms with van der Waals surface area (Å²) in [6.45, 7) is 6.24. The van der Waals surface area contributed by atoms with E-state index in [9.17, 15) is 9.59 Å². The van der Waals surface area contributed by atoms with Crippen LogP contribution in [-0.2, 0) is 4.74 Å². The standard InChI is InChI=1S/C18H26N4O3/c23-17(20-6-9-21-10-12-25-13-11-21)15-4-5-19-16(14-15)18(24)22-7-2-1-3-8-22/h4-5,14H,1-3,6-13H2,(H,20,23). The average molecular weight is 346 g/mol. The maximum Gasteiger partial charge on any atom is 0.272 e. The summed E-state index contributed by atoms with van der Waals surface area (Å²) in [5.74, 6) is -0.244. The summed E-state index contributed by atoms with van der Waals surface area (Å²) in [6, 6.07) is 3.25. The van der Waals surface area contributed by atoms with E-state index in [1.54, 1.807) is 12.1 Å². The van der Waals surface area contributed by atoms with Gasteiger partial charge in [-0.2, -0.15) is 0 Å². The molecule has 1 N–H and O–H groups in total. The maximum absolute atomic E-state index is 12.5. The number of nitrogens with one attached hydrogen (secondary N) is 1. The molecule has 0 radical (unpaired) electrons. The topological polar surface area (TPSA) is 74.8 Å². The first-order valence-corrected chi connectivity index (χ1v) is 9.08. The number of amides is 2. The van der Waals surface area contributed by atoms with Crippen molar-refractivity contribution in [1.29, 1.82) is 0 Å². The molecule has 0 spiro atoms. The summed E-state index contributed by atoms with van der Waals surface area (Å²) < 4.78 is 5.31. The number of ether oxygens (including phenoxy) is 1. The zero-order valence-corrected chi connectivity index (χ0v) is 14.6. The van der Waals surface area contributed by atoms with Crippen molar-refractivity contribution >= 4 is 11.8 Å². The molecule has 0 atom stereocenters. The van der Waals surface area contributed by atoms with E-state index >= 15 is 0 Å². The molecule has 2 amide bonds. The van der Waals surface area contributed by atoms with Gasteiger partial charge < -0.3 is 15.0 Å². The summed E-state index contributed by atoms with van der Waals surface area (Å²) in [5.41, 5.74) is 0.833. The van der Waals surface area contributed by atoms with E-state index in [4.69, 9.17) is 4.74 Å². The van der Waals surface area contributed by atoms with Crippen molar-refractivity contribution in [3.05, 3.63) is 29.6 Å². The number of rotatable bonds is 5. The molecule has 136 valence electrons. The molecule has 25 heavy (non-hydrogen) atoms. The average Bonchev–Trinajstić information content (AvgIpc) is 2.69. The molecule has 2 saturated heterocycles. The van der Waals surface area contributed by atoms with Gasteiger partial charge in [-0.1, -0.05) is 0 Å². The lowest BCUT2D eigenvalue weighted by molar-refractivity contribution is 0.0383. The molecule has 0 saturated carbocycles. The number of carbonyl (C=O) groups excluding carboxylic acids is 2. The molecule has 0 unspecified atom stereocenters. The van der Waals surface area contributed by atoms with Crippen molar-refractivity contribution in [3.63, 3.8) is 0 Å². The quantitative estimate of drug-likeness (QED) is 0.852. The number of piperidine rings is 1. The lowest BCUT2D eigenvalue weighted by atomic mass is 10.1. The van der Waals surface area contributed by atoms with Crippen molar-refractivity contribution < 1.29 is 14.3 Å². The molecule has 0 aliphatic carbocycles. The van der Waals surface area contributed by atoms with Crippen LogP contribution in [0, 0.1) is 0 Å². The van der Waals surface area contributed by atoms with Crippen LogP contribution in [0.25, 0.3) is 0 Å². The largest absolute Gasteiger partial charge is 0.379 e. The van der Waals surface area contributed by atoms with Gasteiger partial charge in [-0.25, -0.2) is 0 Å². The van der Waals surface area contributed by atoms with Gasteiger partial charge in [0.25, 0.3) is 11.8 Å². The summed E-state index contributed by atoms with van der Waals surface area (Å²) >= 11 is 0. The summed E-state index contributed by atoms with van der Waals surface area (Å²) in [5, 5.41) is 2.92. The van der Waals surface area contributed by atoms with Crippen molar-refractivity contribution in [1.82, 2.24) is 20.1 Å². The van der Waals surface area contributed by atoms with Crippen LogP contribution < -0.4 is 5.32 Å². The van der Waals surface area contributed by atoms with Gasteiger partial charge in [-0.05, 0) is 31.4 Å². The third kappa shape index (κ3) is 4.99. The first-order chi connectivity index (χ1) is 12.2. The number of morpholine rings is 1. The van der Waals surface area contributed by atoms with Crippen LogP contribution in [0.3, 0.4) is 0 Å². The Balaban J connectivity index is 1.52. The fraction of sp³-hybridized carbons (Fsp3) is 0.611. The van der Waals surface area contributed by atoms with E-state index in [1.165, 1.54) is 12.6 Å². The second kappa shape index (κ2) is 8.92. The molecule has 7 heteroatoms. The highest BCUT2D eigenvalue weighted by molar-refractivity contribution is 5.98. The third-order valence-electron chi connectivity index (χ3n) is 4.70. The Hall–Kier alpha value is -1.99. The molecule has 1 aromatic rings. The number of hydrogen-bond acceptors (Lipinski definition) is 5. The first-order valence-electron chi connectivity index (χ1n) is 9.08. The van der Waals surface area contributed by atoms with Gasteiger partial charge in [0, 0.05) is 51.0 Å². The van der Waals surface area contributed by atoms with Gasteiger partial charge in [0.2, 0.25) is 0 Å². The summed E-state index contributed by atoms with van der Waals surface area (Å²) in [4.78, 5) is 33.1. The van der Waals surface area contributed by atoms with E-state index in [0.717, 1.165) is 58.8 Å². The van der Waals surface area contributed by atoms with E-state index < -0.39 is 0 Å². The lowest BCUT2D eigenvalue weighted by Gasteiger charge is -2.26. The Morgan fingerprint density at radius 2 is 1.88 bits per heavy atom. The van der Waals surface area contributed by atoms with Crippen LogP contribution in [0.1, 0.15) is 40.1 Å². The van der Waals surface area contributed by atoms with Crippen molar-refractivity contribution in [2.24, 2.45) is 0 Å².